The second-order valence-corrected chi connectivity index (χ2v) is 6.26. The Morgan fingerprint density at radius 1 is 1.09 bits per heavy atom. The average Bonchev–Trinajstić information content (AvgIpc) is 2.49. The summed E-state index contributed by atoms with van der Waals surface area (Å²) >= 11 is 3.41. The number of ether oxygens (including phenoxy) is 1. The minimum absolute atomic E-state index is 0.0426. The molecular formula is C18H18BrNO3. The number of rotatable bonds is 5. The van der Waals surface area contributed by atoms with Crippen LogP contribution in [0.15, 0.2) is 46.9 Å². The number of hydrogen-bond acceptors (Lipinski definition) is 3. The first kappa shape index (κ1) is 17.2. The molecule has 0 aromatic heterocycles. The van der Waals surface area contributed by atoms with Crippen LogP contribution in [0.1, 0.15) is 41.5 Å². The zero-order valence-corrected chi connectivity index (χ0v) is 14.8. The van der Waals surface area contributed by atoms with Crippen molar-refractivity contribution in [3.05, 3.63) is 58.1 Å². The predicted molar refractivity (Wildman–Crippen MR) is 94.3 cm³/mol. The topological polar surface area (TPSA) is 55.4 Å². The van der Waals surface area contributed by atoms with Gasteiger partial charge in [0, 0.05) is 16.8 Å². The molecule has 0 spiro atoms. The number of Topliss-reactive ketones (excluding diaryl/α,β-unsaturated/α-hetero) is 1. The molecule has 4 nitrogen and oxygen atoms in total. The van der Waals surface area contributed by atoms with Crippen LogP contribution in [-0.2, 0) is 0 Å². The highest BCUT2D eigenvalue weighted by Crippen LogP contribution is 2.27. The van der Waals surface area contributed by atoms with Crippen molar-refractivity contribution >= 4 is 33.3 Å². The lowest BCUT2D eigenvalue weighted by Gasteiger charge is -2.12. The summed E-state index contributed by atoms with van der Waals surface area (Å²) in [5.41, 5.74) is 1.65. The third-order valence-electron chi connectivity index (χ3n) is 3.08. The standard InChI is InChI=1S/C18H18BrNO3/c1-11(2)23-17-8-7-14(10-16(17)19)18(22)20-15-6-4-5-13(9-15)12(3)21/h4-11H,1-3H3,(H,20,22). The van der Waals surface area contributed by atoms with Gasteiger partial charge in [0.2, 0.25) is 0 Å². The van der Waals surface area contributed by atoms with E-state index in [0.717, 1.165) is 4.47 Å². The zero-order chi connectivity index (χ0) is 17.0. The first-order valence-electron chi connectivity index (χ1n) is 7.25. The van der Waals surface area contributed by atoms with Gasteiger partial charge in [-0.2, -0.15) is 0 Å². The van der Waals surface area contributed by atoms with E-state index in [-0.39, 0.29) is 17.8 Å². The first-order chi connectivity index (χ1) is 10.9. The van der Waals surface area contributed by atoms with Crippen LogP contribution in [0, 0.1) is 0 Å². The molecule has 0 radical (unpaired) electrons. The Morgan fingerprint density at radius 2 is 1.83 bits per heavy atom. The number of ketones is 1. The van der Waals surface area contributed by atoms with Crippen molar-refractivity contribution in [3.8, 4) is 5.75 Å². The SMILES string of the molecule is CC(=O)c1cccc(NC(=O)c2ccc(OC(C)C)c(Br)c2)c1. The lowest BCUT2D eigenvalue weighted by molar-refractivity contribution is 0.101. The maximum atomic E-state index is 12.3. The normalized spacial score (nSPS) is 10.5. The fraction of sp³-hybridized carbons (Fsp3) is 0.222. The van der Waals surface area contributed by atoms with E-state index >= 15 is 0 Å². The highest BCUT2D eigenvalue weighted by Gasteiger charge is 2.11. The minimum Gasteiger partial charge on any atom is -0.490 e. The van der Waals surface area contributed by atoms with Crippen molar-refractivity contribution in [2.75, 3.05) is 5.32 Å². The van der Waals surface area contributed by atoms with Crippen molar-refractivity contribution in [1.29, 1.82) is 0 Å². The van der Waals surface area contributed by atoms with Gasteiger partial charge in [0.05, 0.1) is 10.6 Å². The zero-order valence-electron chi connectivity index (χ0n) is 13.2. The van der Waals surface area contributed by atoms with E-state index < -0.39 is 0 Å². The van der Waals surface area contributed by atoms with Crippen LogP contribution in [0.2, 0.25) is 0 Å². The highest BCUT2D eigenvalue weighted by molar-refractivity contribution is 9.10. The van der Waals surface area contributed by atoms with Crippen LogP contribution in [0.5, 0.6) is 5.75 Å². The predicted octanol–water partition coefficient (Wildman–Crippen LogP) is 4.69. The molecule has 0 aliphatic heterocycles. The van der Waals surface area contributed by atoms with Crippen LogP contribution >= 0.6 is 15.9 Å². The van der Waals surface area contributed by atoms with Crippen molar-refractivity contribution in [2.24, 2.45) is 0 Å². The van der Waals surface area contributed by atoms with Gasteiger partial charge in [-0.05, 0) is 67.0 Å². The summed E-state index contributed by atoms with van der Waals surface area (Å²) < 4.78 is 6.34. The van der Waals surface area contributed by atoms with Gasteiger partial charge < -0.3 is 10.1 Å². The van der Waals surface area contributed by atoms with Gasteiger partial charge in [-0.1, -0.05) is 12.1 Å². The third kappa shape index (κ3) is 4.66. The Labute approximate surface area is 144 Å². The molecule has 23 heavy (non-hydrogen) atoms. The number of benzene rings is 2. The molecular weight excluding hydrogens is 358 g/mol. The van der Waals surface area contributed by atoms with Crippen molar-refractivity contribution in [2.45, 2.75) is 26.9 Å². The van der Waals surface area contributed by atoms with Gasteiger partial charge in [0.1, 0.15) is 5.75 Å². The fourth-order valence-corrected chi connectivity index (χ4v) is 2.48. The van der Waals surface area contributed by atoms with E-state index in [9.17, 15) is 9.59 Å². The van der Waals surface area contributed by atoms with E-state index in [2.05, 4.69) is 21.2 Å². The summed E-state index contributed by atoms with van der Waals surface area (Å²) in [5.74, 6) is 0.400. The average molecular weight is 376 g/mol. The molecule has 0 saturated carbocycles. The van der Waals surface area contributed by atoms with E-state index in [0.29, 0.717) is 22.6 Å². The highest BCUT2D eigenvalue weighted by atomic mass is 79.9. The Kier molecular flexibility index (Phi) is 5.55. The molecule has 0 atom stereocenters. The van der Waals surface area contributed by atoms with E-state index in [1.54, 1.807) is 42.5 Å². The van der Waals surface area contributed by atoms with Crippen molar-refractivity contribution in [3.63, 3.8) is 0 Å². The lowest BCUT2D eigenvalue weighted by Crippen LogP contribution is -2.13. The van der Waals surface area contributed by atoms with Gasteiger partial charge in [0.25, 0.3) is 5.91 Å². The van der Waals surface area contributed by atoms with Gasteiger partial charge in [-0.3, -0.25) is 9.59 Å². The molecule has 120 valence electrons. The summed E-state index contributed by atoms with van der Waals surface area (Å²) in [4.78, 5) is 23.7. The number of hydrogen-bond donors (Lipinski definition) is 1. The Hall–Kier alpha value is -2.14. The van der Waals surface area contributed by atoms with Crippen LogP contribution in [0.3, 0.4) is 0 Å². The summed E-state index contributed by atoms with van der Waals surface area (Å²) in [7, 11) is 0. The van der Waals surface area contributed by atoms with Gasteiger partial charge in [-0.15, -0.1) is 0 Å². The number of carbonyl (C=O) groups excluding carboxylic acids is 2. The number of carbonyl (C=O) groups is 2. The summed E-state index contributed by atoms with van der Waals surface area (Å²) in [5, 5.41) is 2.79. The second-order valence-electron chi connectivity index (χ2n) is 5.40. The molecule has 5 heteroatoms. The monoisotopic (exact) mass is 375 g/mol. The van der Waals surface area contributed by atoms with Crippen molar-refractivity contribution < 1.29 is 14.3 Å². The molecule has 0 aliphatic rings. The number of amides is 1. The first-order valence-corrected chi connectivity index (χ1v) is 8.04. The maximum Gasteiger partial charge on any atom is 0.255 e. The van der Waals surface area contributed by atoms with Crippen molar-refractivity contribution in [1.82, 2.24) is 0 Å². The van der Waals surface area contributed by atoms with E-state index in [1.165, 1.54) is 6.92 Å². The van der Waals surface area contributed by atoms with Crippen LogP contribution in [0.4, 0.5) is 5.69 Å². The number of anilines is 1. The smallest absolute Gasteiger partial charge is 0.255 e. The summed E-state index contributed by atoms with van der Waals surface area (Å²) in [6, 6.07) is 12.0. The molecule has 0 unspecified atom stereocenters. The van der Waals surface area contributed by atoms with E-state index in [1.807, 2.05) is 13.8 Å². The van der Waals surface area contributed by atoms with Crippen LogP contribution in [-0.4, -0.2) is 17.8 Å². The van der Waals surface area contributed by atoms with E-state index in [4.69, 9.17) is 4.74 Å². The third-order valence-corrected chi connectivity index (χ3v) is 3.70. The molecule has 0 aliphatic carbocycles. The number of halogens is 1. The molecule has 2 aromatic carbocycles. The minimum atomic E-state index is -0.248. The molecule has 0 heterocycles. The Morgan fingerprint density at radius 3 is 2.43 bits per heavy atom. The molecule has 0 saturated heterocycles. The maximum absolute atomic E-state index is 12.3. The Bertz CT molecular complexity index is 741. The molecule has 1 N–H and O–H groups in total. The Balaban J connectivity index is 2.16. The van der Waals surface area contributed by atoms with Gasteiger partial charge in [0.15, 0.2) is 5.78 Å². The van der Waals surface area contributed by atoms with Crippen LogP contribution < -0.4 is 10.1 Å². The largest absolute Gasteiger partial charge is 0.490 e. The second kappa shape index (κ2) is 7.42. The molecule has 0 fully saturated rings. The molecule has 2 rings (SSSR count). The number of nitrogens with one attached hydrogen (secondary N) is 1. The molecule has 0 bridgehead atoms. The molecule has 2 aromatic rings. The summed E-state index contributed by atoms with van der Waals surface area (Å²) in [6.07, 6.45) is 0.0558. The van der Waals surface area contributed by atoms with Gasteiger partial charge >= 0.3 is 0 Å². The molecule has 1 amide bonds. The summed E-state index contributed by atoms with van der Waals surface area (Å²) in [6.45, 7) is 5.37. The quantitative estimate of drug-likeness (QED) is 0.771. The van der Waals surface area contributed by atoms with Gasteiger partial charge in [-0.25, -0.2) is 0 Å². The van der Waals surface area contributed by atoms with Crippen LogP contribution in [0.25, 0.3) is 0 Å². The lowest BCUT2D eigenvalue weighted by atomic mass is 10.1. The fourth-order valence-electron chi connectivity index (χ4n) is 2.01.